The molecule has 56 valence electrons. The molecule has 2 nitrogen and oxygen atoms in total. The smallest absolute Gasteiger partial charge is 0.279 e. The van der Waals surface area contributed by atoms with Crippen LogP contribution in [-0.4, -0.2) is 16.5 Å². The normalized spacial score (nSPS) is 39.0. The summed E-state index contributed by atoms with van der Waals surface area (Å²) in [5, 5.41) is 3.77. The predicted octanol–water partition coefficient (Wildman–Crippen LogP) is 1.75. The van der Waals surface area contributed by atoms with Gasteiger partial charge in [-0.2, -0.15) is 0 Å². The first-order valence-electron chi connectivity index (χ1n) is 3.83. The summed E-state index contributed by atoms with van der Waals surface area (Å²) in [5.74, 6) is 0. The van der Waals surface area contributed by atoms with Crippen molar-refractivity contribution in [2.24, 2.45) is 0 Å². The standard InChI is InChI=1S/C7H11NOS/c9-7-8-5-3-1-2-4-6(5)10-7/h5-6H,1-4H2,(H,8,9). The van der Waals surface area contributed by atoms with Crippen molar-refractivity contribution >= 4 is 17.0 Å². The Morgan fingerprint density at radius 3 is 3.00 bits per heavy atom. The van der Waals surface area contributed by atoms with Crippen LogP contribution < -0.4 is 5.32 Å². The minimum absolute atomic E-state index is 0.192. The van der Waals surface area contributed by atoms with E-state index in [0.29, 0.717) is 11.3 Å². The third-order valence-corrected chi connectivity index (χ3v) is 3.46. The summed E-state index contributed by atoms with van der Waals surface area (Å²) < 4.78 is 0. The third kappa shape index (κ3) is 1.03. The van der Waals surface area contributed by atoms with E-state index in [2.05, 4.69) is 5.32 Å². The molecule has 1 amide bonds. The molecule has 1 N–H and O–H groups in total. The monoisotopic (exact) mass is 157 g/mol. The summed E-state index contributed by atoms with van der Waals surface area (Å²) in [6.07, 6.45) is 5.03. The fourth-order valence-electron chi connectivity index (χ4n) is 1.73. The van der Waals surface area contributed by atoms with Crippen molar-refractivity contribution in [2.45, 2.75) is 37.0 Å². The number of carbonyl (C=O) groups is 1. The van der Waals surface area contributed by atoms with Gasteiger partial charge in [-0.05, 0) is 12.8 Å². The molecule has 10 heavy (non-hydrogen) atoms. The van der Waals surface area contributed by atoms with Crippen LogP contribution in [-0.2, 0) is 0 Å². The Hall–Kier alpha value is -0.180. The topological polar surface area (TPSA) is 29.1 Å². The first-order valence-corrected chi connectivity index (χ1v) is 4.71. The Labute approximate surface area is 64.8 Å². The summed E-state index contributed by atoms with van der Waals surface area (Å²) in [5.41, 5.74) is 0. The van der Waals surface area contributed by atoms with Gasteiger partial charge in [-0.25, -0.2) is 0 Å². The van der Waals surface area contributed by atoms with E-state index >= 15 is 0 Å². The molecule has 2 unspecified atom stereocenters. The van der Waals surface area contributed by atoms with Crippen LogP contribution in [0.25, 0.3) is 0 Å². The molecule has 0 aromatic rings. The lowest BCUT2D eigenvalue weighted by Crippen LogP contribution is -2.33. The van der Waals surface area contributed by atoms with E-state index in [9.17, 15) is 4.79 Å². The number of nitrogens with one attached hydrogen (secondary N) is 1. The van der Waals surface area contributed by atoms with E-state index in [1.54, 1.807) is 0 Å². The largest absolute Gasteiger partial charge is 0.343 e. The fraction of sp³-hybridized carbons (Fsp3) is 0.857. The molecule has 0 aromatic heterocycles. The summed E-state index contributed by atoms with van der Waals surface area (Å²) in [6, 6.07) is 0.506. The molecule has 1 saturated heterocycles. The highest BCUT2D eigenvalue weighted by Gasteiger charge is 2.34. The minimum atomic E-state index is 0.192. The summed E-state index contributed by atoms with van der Waals surface area (Å²) in [7, 11) is 0. The Morgan fingerprint density at radius 1 is 1.40 bits per heavy atom. The number of hydrogen-bond acceptors (Lipinski definition) is 2. The van der Waals surface area contributed by atoms with E-state index < -0.39 is 0 Å². The van der Waals surface area contributed by atoms with E-state index in [1.807, 2.05) is 0 Å². The molecule has 2 rings (SSSR count). The molecule has 0 bridgehead atoms. The van der Waals surface area contributed by atoms with E-state index in [4.69, 9.17) is 0 Å². The zero-order valence-corrected chi connectivity index (χ0v) is 6.62. The van der Waals surface area contributed by atoms with Crippen LogP contribution in [0.15, 0.2) is 0 Å². The molecule has 1 aliphatic carbocycles. The van der Waals surface area contributed by atoms with E-state index in [-0.39, 0.29) is 5.24 Å². The first-order chi connectivity index (χ1) is 4.86. The Kier molecular flexibility index (Phi) is 1.60. The second kappa shape index (κ2) is 2.46. The van der Waals surface area contributed by atoms with Crippen molar-refractivity contribution in [2.75, 3.05) is 0 Å². The predicted molar refractivity (Wildman–Crippen MR) is 42.2 cm³/mol. The van der Waals surface area contributed by atoms with Crippen LogP contribution in [0.2, 0.25) is 0 Å². The average molecular weight is 157 g/mol. The lowest BCUT2D eigenvalue weighted by atomic mass is 9.95. The van der Waals surface area contributed by atoms with Crippen LogP contribution in [0.3, 0.4) is 0 Å². The highest BCUT2D eigenvalue weighted by Crippen LogP contribution is 2.33. The van der Waals surface area contributed by atoms with Crippen LogP contribution in [0.5, 0.6) is 0 Å². The molecule has 0 spiro atoms. The van der Waals surface area contributed by atoms with Gasteiger partial charge in [0, 0.05) is 11.3 Å². The molecular weight excluding hydrogens is 146 g/mol. The molecule has 1 heterocycles. The van der Waals surface area contributed by atoms with Gasteiger partial charge in [0.2, 0.25) is 0 Å². The van der Waals surface area contributed by atoms with Crippen LogP contribution in [0, 0.1) is 0 Å². The van der Waals surface area contributed by atoms with Gasteiger partial charge in [0.1, 0.15) is 0 Å². The van der Waals surface area contributed by atoms with Gasteiger partial charge in [0.25, 0.3) is 5.24 Å². The zero-order chi connectivity index (χ0) is 6.97. The lowest BCUT2D eigenvalue weighted by molar-refractivity contribution is 0.258. The maximum atomic E-state index is 10.9. The molecule has 1 saturated carbocycles. The van der Waals surface area contributed by atoms with Gasteiger partial charge < -0.3 is 5.32 Å². The number of amides is 1. The van der Waals surface area contributed by atoms with Crippen molar-refractivity contribution in [3.8, 4) is 0 Å². The molecule has 2 aliphatic rings. The van der Waals surface area contributed by atoms with Gasteiger partial charge in [-0.3, -0.25) is 4.79 Å². The number of carbonyl (C=O) groups excluding carboxylic acids is 1. The van der Waals surface area contributed by atoms with Gasteiger partial charge in [-0.1, -0.05) is 24.6 Å². The van der Waals surface area contributed by atoms with Crippen molar-refractivity contribution < 1.29 is 4.79 Å². The maximum absolute atomic E-state index is 10.9. The molecule has 0 aromatic carbocycles. The number of hydrogen-bond donors (Lipinski definition) is 1. The van der Waals surface area contributed by atoms with Crippen molar-refractivity contribution in [3.63, 3.8) is 0 Å². The SMILES string of the molecule is O=C1NC2CCCCC2S1. The van der Waals surface area contributed by atoms with Crippen molar-refractivity contribution in [1.29, 1.82) is 0 Å². The number of thioether (sulfide) groups is 1. The second-order valence-electron chi connectivity index (χ2n) is 2.98. The maximum Gasteiger partial charge on any atom is 0.279 e. The van der Waals surface area contributed by atoms with Crippen LogP contribution >= 0.6 is 11.8 Å². The third-order valence-electron chi connectivity index (χ3n) is 2.26. The lowest BCUT2D eigenvalue weighted by Gasteiger charge is -2.22. The average Bonchev–Trinajstić information content (AvgIpc) is 2.27. The molecule has 1 aliphatic heterocycles. The Balaban J connectivity index is 2.04. The quantitative estimate of drug-likeness (QED) is 0.580. The first kappa shape index (κ1) is 6.53. The zero-order valence-electron chi connectivity index (χ0n) is 5.80. The van der Waals surface area contributed by atoms with Crippen molar-refractivity contribution in [1.82, 2.24) is 5.32 Å². The van der Waals surface area contributed by atoms with Crippen molar-refractivity contribution in [3.05, 3.63) is 0 Å². The van der Waals surface area contributed by atoms with Gasteiger partial charge in [-0.15, -0.1) is 0 Å². The minimum Gasteiger partial charge on any atom is -0.343 e. The number of fused-ring (bicyclic) bond motifs is 1. The number of rotatable bonds is 0. The Bertz CT molecular complexity index is 144. The summed E-state index contributed by atoms with van der Waals surface area (Å²) in [4.78, 5) is 10.9. The van der Waals surface area contributed by atoms with E-state index in [0.717, 1.165) is 0 Å². The van der Waals surface area contributed by atoms with E-state index in [1.165, 1.54) is 37.4 Å². The highest BCUT2D eigenvalue weighted by atomic mass is 32.2. The molecule has 2 atom stereocenters. The second-order valence-corrected chi connectivity index (χ2v) is 4.19. The summed E-state index contributed by atoms with van der Waals surface area (Å²) in [6.45, 7) is 0. The molecule has 0 radical (unpaired) electrons. The van der Waals surface area contributed by atoms with Crippen LogP contribution in [0.1, 0.15) is 25.7 Å². The fourth-order valence-corrected chi connectivity index (χ4v) is 2.87. The highest BCUT2D eigenvalue weighted by molar-refractivity contribution is 8.14. The van der Waals surface area contributed by atoms with Crippen LogP contribution in [0.4, 0.5) is 4.79 Å². The van der Waals surface area contributed by atoms with Gasteiger partial charge in [0.15, 0.2) is 0 Å². The van der Waals surface area contributed by atoms with Gasteiger partial charge in [0.05, 0.1) is 0 Å². The Morgan fingerprint density at radius 2 is 2.20 bits per heavy atom. The van der Waals surface area contributed by atoms with Gasteiger partial charge >= 0.3 is 0 Å². The summed E-state index contributed by atoms with van der Waals surface area (Å²) >= 11 is 1.50. The molecule has 2 fully saturated rings. The molecule has 3 heteroatoms. The molecular formula is C7H11NOS.